The summed E-state index contributed by atoms with van der Waals surface area (Å²) in [6.45, 7) is 1.84. The number of aromatic hydroxyl groups is 1. The highest BCUT2D eigenvalue weighted by Crippen LogP contribution is 2.24. The number of phenols is 1. The molecule has 0 unspecified atom stereocenters. The lowest BCUT2D eigenvalue weighted by molar-refractivity contribution is 0.102. The third-order valence-corrected chi connectivity index (χ3v) is 3.37. The molecule has 0 heterocycles. The van der Waals surface area contributed by atoms with Crippen molar-refractivity contribution >= 4 is 33.2 Å². The van der Waals surface area contributed by atoms with Gasteiger partial charge in [-0.3, -0.25) is 4.79 Å². The molecule has 0 aliphatic rings. The zero-order valence-electron chi connectivity index (χ0n) is 10.3. The van der Waals surface area contributed by atoms with Gasteiger partial charge in [-0.15, -0.1) is 0 Å². The molecule has 5 heteroatoms. The van der Waals surface area contributed by atoms with Crippen LogP contribution in [-0.4, -0.2) is 11.0 Å². The zero-order valence-corrected chi connectivity index (χ0v) is 11.9. The zero-order chi connectivity index (χ0) is 14.0. The summed E-state index contributed by atoms with van der Waals surface area (Å²) in [5.41, 5.74) is 7.96. The lowest BCUT2D eigenvalue weighted by Gasteiger charge is -2.08. The van der Waals surface area contributed by atoms with Crippen LogP contribution in [-0.2, 0) is 0 Å². The Labute approximate surface area is 119 Å². The number of hydrogen-bond donors (Lipinski definition) is 3. The van der Waals surface area contributed by atoms with E-state index in [9.17, 15) is 9.90 Å². The number of halogens is 1. The second kappa shape index (κ2) is 5.32. The summed E-state index contributed by atoms with van der Waals surface area (Å²) in [6, 6.07) is 10.0. The fourth-order valence-corrected chi connectivity index (χ4v) is 1.90. The van der Waals surface area contributed by atoms with Crippen molar-refractivity contribution in [3.63, 3.8) is 0 Å². The smallest absolute Gasteiger partial charge is 0.259 e. The van der Waals surface area contributed by atoms with E-state index in [1.807, 2.05) is 6.92 Å². The van der Waals surface area contributed by atoms with E-state index < -0.39 is 0 Å². The Morgan fingerprint density at radius 3 is 2.63 bits per heavy atom. The van der Waals surface area contributed by atoms with Gasteiger partial charge in [-0.1, -0.05) is 6.07 Å². The molecule has 0 aliphatic carbocycles. The third kappa shape index (κ3) is 3.06. The summed E-state index contributed by atoms with van der Waals surface area (Å²) in [5, 5.41) is 12.4. The van der Waals surface area contributed by atoms with E-state index >= 15 is 0 Å². The second-order valence-corrected chi connectivity index (χ2v) is 5.07. The van der Waals surface area contributed by atoms with Crippen LogP contribution < -0.4 is 11.1 Å². The molecule has 0 radical (unpaired) electrons. The predicted molar refractivity (Wildman–Crippen MR) is 79.4 cm³/mol. The first-order chi connectivity index (χ1) is 8.97. The lowest BCUT2D eigenvalue weighted by Crippen LogP contribution is -2.12. The highest BCUT2D eigenvalue weighted by molar-refractivity contribution is 9.10. The van der Waals surface area contributed by atoms with Gasteiger partial charge in [-0.25, -0.2) is 0 Å². The minimum Gasteiger partial charge on any atom is -0.507 e. The van der Waals surface area contributed by atoms with Crippen LogP contribution in [0, 0.1) is 6.92 Å². The van der Waals surface area contributed by atoms with Gasteiger partial charge in [0.2, 0.25) is 0 Å². The Morgan fingerprint density at radius 1 is 1.26 bits per heavy atom. The molecular weight excluding hydrogens is 308 g/mol. The van der Waals surface area contributed by atoms with E-state index in [1.165, 1.54) is 0 Å². The van der Waals surface area contributed by atoms with E-state index in [-0.39, 0.29) is 17.2 Å². The number of rotatable bonds is 2. The number of phenolic OH excluding ortho intramolecular Hbond substituents is 1. The molecule has 0 bridgehead atoms. The maximum Gasteiger partial charge on any atom is 0.259 e. The Morgan fingerprint density at radius 2 is 2.00 bits per heavy atom. The molecule has 0 saturated carbocycles. The number of nitrogens with two attached hydrogens (primary N) is 1. The van der Waals surface area contributed by atoms with Crippen molar-refractivity contribution in [3.05, 3.63) is 52.0 Å². The molecule has 1 amide bonds. The molecule has 0 saturated heterocycles. The van der Waals surface area contributed by atoms with Gasteiger partial charge in [0.05, 0.1) is 5.56 Å². The van der Waals surface area contributed by atoms with Crippen molar-refractivity contribution in [3.8, 4) is 5.75 Å². The first-order valence-electron chi connectivity index (χ1n) is 5.63. The largest absolute Gasteiger partial charge is 0.507 e. The first kappa shape index (κ1) is 13.4. The number of benzene rings is 2. The lowest BCUT2D eigenvalue weighted by atomic mass is 10.1. The van der Waals surface area contributed by atoms with Crippen molar-refractivity contribution in [2.75, 3.05) is 11.1 Å². The first-order valence-corrected chi connectivity index (χ1v) is 6.42. The molecule has 4 nitrogen and oxygen atoms in total. The maximum absolute atomic E-state index is 12.0. The van der Waals surface area contributed by atoms with Crippen molar-refractivity contribution in [1.82, 2.24) is 0 Å². The van der Waals surface area contributed by atoms with E-state index in [2.05, 4.69) is 21.2 Å². The Balaban J connectivity index is 2.23. The summed E-state index contributed by atoms with van der Waals surface area (Å²) in [4.78, 5) is 12.0. The molecule has 2 rings (SSSR count). The van der Waals surface area contributed by atoms with Gasteiger partial charge in [0.1, 0.15) is 5.75 Å². The second-order valence-electron chi connectivity index (χ2n) is 4.21. The molecule has 2 aromatic carbocycles. The SMILES string of the molecule is Cc1ccc(C(=O)Nc2ccc(Br)c(N)c2)c(O)c1. The average molecular weight is 321 g/mol. The molecule has 0 aliphatic heterocycles. The molecule has 19 heavy (non-hydrogen) atoms. The van der Waals surface area contributed by atoms with Crippen LogP contribution in [0.4, 0.5) is 11.4 Å². The predicted octanol–water partition coefficient (Wildman–Crippen LogP) is 3.30. The number of amides is 1. The van der Waals surface area contributed by atoms with Gasteiger partial charge < -0.3 is 16.2 Å². The van der Waals surface area contributed by atoms with Crippen molar-refractivity contribution in [1.29, 1.82) is 0 Å². The van der Waals surface area contributed by atoms with E-state index in [1.54, 1.807) is 36.4 Å². The number of carbonyl (C=O) groups is 1. The summed E-state index contributed by atoms with van der Waals surface area (Å²) >= 11 is 3.28. The molecular formula is C14H13BrN2O2. The maximum atomic E-state index is 12.0. The van der Waals surface area contributed by atoms with Crippen LogP contribution in [0.1, 0.15) is 15.9 Å². The fraction of sp³-hybridized carbons (Fsp3) is 0.0714. The summed E-state index contributed by atoms with van der Waals surface area (Å²) in [5.74, 6) is -0.415. The van der Waals surface area contributed by atoms with Crippen LogP contribution in [0.3, 0.4) is 0 Å². The highest BCUT2D eigenvalue weighted by Gasteiger charge is 2.11. The van der Waals surface area contributed by atoms with Crippen molar-refractivity contribution in [2.24, 2.45) is 0 Å². The molecule has 0 aromatic heterocycles. The number of aryl methyl sites for hydroxylation is 1. The van der Waals surface area contributed by atoms with Gasteiger partial charge in [0.15, 0.2) is 0 Å². The standard InChI is InChI=1S/C14H13BrN2O2/c1-8-2-4-10(13(18)6-8)14(19)17-9-3-5-11(15)12(16)7-9/h2-7,18H,16H2,1H3,(H,17,19). The van der Waals surface area contributed by atoms with Crippen molar-refractivity contribution < 1.29 is 9.90 Å². The number of carbonyl (C=O) groups excluding carboxylic acids is 1. The quantitative estimate of drug-likeness (QED) is 0.743. The number of nitrogen functional groups attached to an aromatic ring is 1. The molecule has 0 fully saturated rings. The number of hydrogen-bond acceptors (Lipinski definition) is 3. The van der Waals surface area contributed by atoms with E-state index in [4.69, 9.17) is 5.73 Å². The topological polar surface area (TPSA) is 75.4 Å². The van der Waals surface area contributed by atoms with Crippen LogP contribution >= 0.6 is 15.9 Å². The molecule has 0 atom stereocenters. The van der Waals surface area contributed by atoms with Crippen LogP contribution in [0.2, 0.25) is 0 Å². The Kier molecular flexibility index (Phi) is 3.76. The summed E-state index contributed by atoms with van der Waals surface area (Å²) < 4.78 is 0.767. The Bertz CT molecular complexity index is 641. The van der Waals surface area contributed by atoms with Gasteiger partial charge >= 0.3 is 0 Å². The third-order valence-electron chi connectivity index (χ3n) is 2.65. The van der Waals surface area contributed by atoms with Crippen LogP contribution in [0.25, 0.3) is 0 Å². The van der Waals surface area contributed by atoms with Gasteiger partial charge in [0.25, 0.3) is 5.91 Å². The van der Waals surface area contributed by atoms with E-state index in [0.717, 1.165) is 10.0 Å². The minimum atomic E-state index is -0.376. The normalized spacial score (nSPS) is 10.2. The summed E-state index contributed by atoms with van der Waals surface area (Å²) in [7, 11) is 0. The average Bonchev–Trinajstić information content (AvgIpc) is 2.33. The minimum absolute atomic E-state index is 0.0393. The molecule has 4 N–H and O–H groups in total. The highest BCUT2D eigenvalue weighted by atomic mass is 79.9. The van der Waals surface area contributed by atoms with Gasteiger partial charge in [-0.05, 0) is 58.7 Å². The Hall–Kier alpha value is -2.01. The van der Waals surface area contributed by atoms with Crippen LogP contribution in [0.5, 0.6) is 5.75 Å². The van der Waals surface area contributed by atoms with Crippen LogP contribution in [0.15, 0.2) is 40.9 Å². The fourth-order valence-electron chi connectivity index (χ4n) is 1.65. The monoisotopic (exact) mass is 320 g/mol. The van der Waals surface area contributed by atoms with Gasteiger partial charge in [0, 0.05) is 15.8 Å². The van der Waals surface area contributed by atoms with Gasteiger partial charge in [-0.2, -0.15) is 0 Å². The molecule has 2 aromatic rings. The molecule has 0 spiro atoms. The summed E-state index contributed by atoms with van der Waals surface area (Å²) in [6.07, 6.45) is 0. The van der Waals surface area contributed by atoms with Crippen molar-refractivity contribution in [2.45, 2.75) is 6.92 Å². The number of anilines is 2. The van der Waals surface area contributed by atoms with E-state index in [0.29, 0.717) is 11.4 Å². The molecule has 98 valence electrons. The number of nitrogens with one attached hydrogen (secondary N) is 1.